The second kappa shape index (κ2) is 12.0. The summed E-state index contributed by atoms with van der Waals surface area (Å²) in [6, 6.07) is 11.6. The zero-order valence-electron chi connectivity index (χ0n) is 20.5. The Morgan fingerprint density at radius 3 is 2.37 bits per heavy atom. The second-order valence-corrected chi connectivity index (χ2v) is 10.6. The lowest BCUT2D eigenvalue weighted by molar-refractivity contribution is 0.231. The normalized spacial score (nSPS) is 17.8. The van der Waals surface area contributed by atoms with Gasteiger partial charge in [0.25, 0.3) is 15.6 Å². The van der Waals surface area contributed by atoms with Gasteiger partial charge < -0.3 is 10.3 Å². The van der Waals surface area contributed by atoms with E-state index in [2.05, 4.69) is 26.9 Å². The van der Waals surface area contributed by atoms with Crippen molar-refractivity contribution in [3.05, 3.63) is 70.3 Å². The van der Waals surface area contributed by atoms with Crippen molar-refractivity contribution in [2.24, 2.45) is 5.92 Å². The lowest BCUT2D eigenvalue weighted by Crippen LogP contribution is -2.45. The number of benzene rings is 2. The number of aryl methyl sites for hydroxylation is 2. The molecule has 1 aliphatic rings. The standard InChI is InChI=1S/C17H26N2O3S.C9H8N2O/c1-3-13-5-9-15(10-6-13)18-17(20)19-23(21,22)16-11-7-14(4-2)8-12-16;1-6-2-3-7-8(4-6)10-5-11-9(7)12/h7-8,11-13,15H,3-6,9-10H2,1-2H3,(H2,18,19,20);2-5H,1H3,(H,10,11,12). The number of H-pyrrole nitrogens is 1. The van der Waals surface area contributed by atoms with E-state index in [1.165, 1.54) is 24.9 Å². The van der Waals surface area contributed by atoms with Crippen LogP contribution in [0.4, 0.5) is 4.79 Å². The molecule has 1 aromatic heterocycles. The average Bonchev–Trinajstić information content (AvgIpc) is 2.84. The molecule has 8 nitrogen and oxygen atoms in total. The molecular formula is C26H34N4O4S. The van der Waals surface area contributed by atoms with Gasteiger partial charge >= 0.3 is 6.03 Å². The van der Waals surface area contributed by atoms with E-state index in [4.69, 9.17) is 0 Å². The molecule has 2 amide bonds. The molecule has 0 aliphatic heterocycles. The van der Waals surface area contributed by atoms with Gasteiger partial charge in [-0.05, 0) is 80.3 Å². The fraction of sp³-hybridized carbons (Fsp3) is 0.423. The molecule has 3 N–H and O–H groups in total. The number of hydrogen-bond donors (Lipinski definition) is 3. The molecule has 0 unspecified atom stereocenters. The number of rotatable bonds is 5. The van der Waals surface area contributed by atoms with Gasteiger partial charge in [0, 0.05) is 6.04 Å². The molecule has 0 spiro atoms. The summed E-state index contributed by atoms with van der Waals surface area (Å²) in [4.78, 5) is 29.9. The van der Waals surface area contributed by atoms with Crippen LogP contribution in [0.25, 0.3) is 10.9 Å². The topological polar surface area (TPSA) is 121 Å². The molecule has 9 heteroatoms. The van der Waals surface area contributed by atoms with Crippen molar-refractivity contribution in [3.8, 4) is 0 Å². The number of hydrogen-bond acceptors (Lipinski definition) is 5. The van der Waals surface area contributed by atoms with E-state index in [-0.39, 0.29) is 16.5 Å². The number of sulfonamides is 1. The van der Waals surface area contributed by atoms with Crippen molar-refractivity contribution < 1.29 is 13.2 Å². The van der Waals surface area contributed by atoms with Crippen molar-refractivity contribution in [2.75, 3.05) is 0 Å². The predicted molar refractivity (Wildman–Crippen MR) is 138 cm³/mol. The molecule has 188 valence electrons. The summed E-state index contributed by atoms with van der Waals surface area (Å²) in [5, 5.41) is 3.42. The van der Waals surface area contributed by atoms with Gasteiger partial charge in [-0.1, -0.05) is 38.5 Å². The monoisotopic (exact) mass is 498 g/mol. The summed E-state index contributed by atoms with van der Waals surface area (Å²) < 4.78 is 26.5. The molecule has 1 aliphatic carbocycles. The maximum absolute atomic E-state index is 12.2. The van der Waals surface area contributed by atoms with E-state index in [1.54, 1.807) is 18.2 Å². The molecule has 1 saturated carbocycles. The summed E-state index contributed by atoms with van der Waals surface area (Å²) in [5.41, 5.74) is 2.83. The van der Waals surface area contributed by atoms with Gasteiger partial charge in [-0.2, -0.15) is 0 Å². The van der Waals surface area contributed by atoms with Crippen LogP contribution in [-0.2, 0) is 16.4 Å². The number of aromatic amines is 1. The molecule has 0 bridgehead atoms. The largest absolute Gasteiger partial charge is 0.335 e. The molecule has 0 atom stereocenters. The van der Waals surface area contributed by atoms with E-state index in [1.807, 2.05) is 26.0 Å². The second-order valence-electron chi connectivity index (χ2n) is 8.95. The Labute approximate surface area is 206 Å². The van der Waals surface area contributed by atoms with Crippen molar-refractivity contribution in [1.29, 1.82) is 0 Å². The van der Waals surface area contributed by atoms with Gasteiger partial charge in [0.2, 0.25) is 0 Å². The SMILES string of the molecule is CCc1ccc(S(=O)(=O)NC(=O)NC2CCC(CC)CC2)cc1.Cc1ccc2c(=O)[nH]cnc2c1. The van der Waals surface area contributed by atoms with Gasteiger partial charge in [-0.3, -0.25) is 4.79 Å². The summed E-state index contributed by atoms with van der Waals surface area (Å²) in [6.07, 6.45) is 7.44. The van der Waals surface area contributed by atoms with E-state index < -0.39 is 16.1 Å². The smallest absolute Gasteiger partial charge is 0.328 e. The van der Waals surface area contributed by atoms with Crippen molar-refractivity contribution in [2.45, 2.75) is 70.2 Å². The minimum Gasteiger partial charge on any atom is -0.335 e. The zero-order chi connectivity index (χ0) is 25.4. The highest BCUT2D eigenvalue weighted by molar-refractivity contribution is 7.90. The first-order valence-corrected chi connectivity index (χ1v) is 13.6. The maximum atomic E-state index is 12.2. The third kappa shape index (κ3) is 7.39. The van der Waals surface area contributed by atoms with E-state index in [0.29, 0.717) is 5.39 Å². The lowest BCUT2D eigenvalue weighted by Gasteiger charge is -2.28. The van der Waals surface area contributed by atoms with Crippen molar-refractivity contribution >= 4 is 27.0 Å². The Kier molecular flexibility index (Phi) is 9.03. The number of nitrogens with one attached hydrogen (secondary N) is 3. The van der Waals surface area contributed by atoms with Crippen LogP contribution in [0.1, 0.15) is 57.1 Å². The van der Waals surface area contributed by atoms with Crippen LogP contribution in [0.15, 0.2) is 58.5 Å². The lowest BCUT2D eigenvalue weighted by atomic mass is 9.85. The first kappa shape index (κ1) is 26.4. The van der Waals surface area contributed by atoms with Gasteiger partial charge in [-0.25, -0.2) is 22.9 Å². The summed E-state index contributed by atoms with van der Waals surface area (Å²) in [7, 11) is -3.81. The molecule has 35 heavy (non-hydrogen) atoms. The molecule has 4 rings (SSSR count). The Morgan fingerprint density at radius 2 is 1.74 bits per heavy atom. The summed E-state index contributed by atoms with van der Waals surface area (Å²) in [5.74, 6) is 0.733. The number of carbonyl (C=O) groups excluding carboxylic acids is 1. The first-order valence-electron chi connectivity index (χ1n) is 12.1. The minimum absolute atomic E-state index is 0.0652. The molecular weight excluding hydrogens is 464 g/mol. The molecule has 1 heterocycles. The fourth-order valence-corrected chi connectivity index (χ4v) is 5.11. The quantitative estimate of drug-likeness (QED) is 0.480. The zero-order valence-corrected chi connectivity index (χ0v) is 21.3. The van der Waals surface area contributed by atoms with Crippen LogP contribution in [0.5, 0.6) is 0 Å². The highest BCUT2D eigenvalue weighted by Crippen LogP contribution is 2.26. The number of aromatic nitrogens is 2. The molecule has 1 fully saturated rings. The van der Waals surface area contributed by atoms with Gasteiger partial charge in [0.05, 0.1) is 22.1 Å². The summed E-state index contributed by atoms with van der Waals surface area (Å²) in [6.45, 7) is 6.16. The van der Waals surface area contributed by atoms with E-state index in [9.17, 15) is 18.0 Å². The number of urea groups is 1. The highest BCUT2D eigenvalue weighted by Gasteiger charge is 2.23. The maximum Gasteiger partial charge on any atom is 0.328 e. The predicted octanol–water partition coefficient (Wildman–Crippen LogP) is 4.44. The van der Waals surface area contributed by atoms with Gasteiger partial charge in [-0.15, -0.1) is 0 Å². The van der Waals surface area contributed by atoms with Gasteiger partial charge in [0.15, 0.2) is 0 Å². The van der Waals surface area contributed by atoms with Crippen LogP contribution in [0.3, 0.4) is 0 Å². The molecule has 2 aromatic carbocycles. The van der Waals surface area contributed by atoms with Crippen LogP contribution in [0, 0.1) is 12.8 Å². The highest BCUT2D eigenvalue weighted by atomic mass is 32.2. The fourth-order valence-electron chi connectivity index (χ4n) is 4.19. The number of amides is 2. The number of fused-ring (bicyclic) bond motifs is 1. The van der Waals surface area contributed by atoms with E-state index >= 15 is 0 Å². The van der Waals surface area contributed by atoms with Crippen molar-refractivity contribution in [3.63, 3.8) is 0 Å². The molecule has 0 saturated heterocycles. The number of nitrogens with zero attached hydrogens (tertiary/aromatic N) is 1. The molecule has 3 aromatic rings. The Hall–Kier alpha value is -3.20. The number of carbonyl (C=O) groups is 1. The van der Waals surface area contributed by atoms with Crippen LogP contribution in [0.2, 0.25) is 0 Å². The Balaban J connectivity index is 0.000000237. The minimum atomic E-state index is -3.81. The third-order valence-electron chi connectivity index (χ3n) is 6.43. The average molecular weight is 499 g/mol. The van der Waals surface area contributed by atoms with Crippen LogP contribution < -0.4 is 15.6 Å². The molecule has 0 radical (unpaired) electrons. The Morgan fingerprint density at radius 1 is 1.06 bits per heavy atom. The summed E-state index contributed by atoms with van der Waals surface area (Å²) >= 11 is 0. The van der Waals surface area contributed by atoms with Crippen LogP contribution in [-0.4, -0.2) is 30.5 Å². The third-order valence-corrected chi connectivity index (χ3v) is 7.77. The van der Waals surface area contributed by atoms with E-state index in [0.717, 1.165) is 54.7 Å². The Bertz CT molecular complexity index is 1290. The van der Waals surface area contributed by atoms with Crippen molar-refractivity contribution in [1.82, 2.24) is 20.0 Å². The first-order chi connectivity index (χ1) is 16.7. The van der Waals surface area contributed by atoms with Gasteiger partial charge in [0.1, 0.15) is 0 Å². The van der Waals surface area contributed by atoms with Crippen LogP contribution >= 0.6 is 0 Å².